The Morgan fingerprint density at radius 3 is 2.81 bits per heavy atom. The normalized spacial score (nSPS) is 12.9. The van der Waals surface area contributed by atoms with Crippen molar-refractivity contribution in [3.05, 3.63) is 35.0 Å². The molecule has 1 N–H and O–H groups in total. The second-order valence-electron chi connectivity index (χ2n) is 4.48. The van der Waals surface area contributed by atoms with E-state index in [-0.39, 0.29) is 0 Å². The van der Waals surface area contributed by atoms with E-state index in [9.17, 15) is 4.79 Å². The number of fused-ring (bicyclic) bond motifs is 1. The Hall–Kier alpha value is -1.57. The van der Waals surface area contributed by atoms with Crippen LogP contribution in [0.4, 0.5) is 0 Å². The number of aldehydes is 1. The van der Waals surface area contributed by atoms with Crippen LogP contribution < -0.4 is 0 Å². The summed E-state index contributed by atoms with van der Waals surface area (Å²) in [5.74, 6) is 0.302. The molecule has 2 heteroatoms. The molecule has 0 spiro atoms. The molecule has 0 fully saturated rings. The highest BCUT2D eigenvalue weighted by Gasteiger charge is 2.08. The van der Waals surface area contributed by atoms with Gasteiger partial charge >= 0.3 is 0 Å². The summed E-state index contributed by atoms with van der Waals surface area (Å²) in [6, 6.07) is 6.40. The van der Waals surface area contributed by atoms with Crippen molar-refractivity contribution in [3.63, 3.8) is 0 Å². The van der Waals surface area contributed by atoms with Crippen molar-refractivity contribution in [1.29, 1.82) is 0 Å². The number of benzene rings is 1. The third-order valence-corrected chi connectivity index (χ3v) is 3.35. The minimum absolute atomic E-state index is 0.302. The van der Waals surface area contributed by atoms with Crippen LogP contribution in [-0.2, 0) is 4.79 Å². The van der Waals surface area contributed by atoms with Crippen LogP contribution >= 0.6 is 0 Å². The fraction of sp³-hybridized carbons (Fsp3) is 0.357. The molecule has 0 bridgehead atoms. The average Bonchev–Trinajstić information content (AvgIpc) is 2.55. The summed E-state index contributed by atoms with van der Waals surface area (Å²) in [6.45, 7) is 6.30. The fourth-order valence-corrected chi connectivity index (χ4v) is 2.07. The van der Waals surface area contributed by atoms with Gasteiger partial charge in [-0.05, 0) is 43.0 Å². The lowest BCUT2D eigenvalue weighted by Gasteiger charge is -2.08. The van der Waals surface area contributed by atoms with Crippen LogP contribution in [0.5, 0.6) is 0 Å². The van der Waals surface area contributed by atoms with E-state index in [4.69, 9.17) is 0 Å². The van der Waals surface area contributed by atoms with Crippen molar-refractivity contribution in [2.24, 2.45) is 0 Å². The molecule has 1 unspecified atom stereocenters. The van der Waals surface area contributed by atoms with E-state index < -0.39 is 0 Å². The molecule has 2 aromatic rings. The molecule has 1 atom stereocenters. The molecule has 0 aliphatic heterocycles. The molecule has 0 saturated heterocycles. The highest BCUT2D eigenvalue weighted by molar-refractivity contribution is 5.85. The highest BCUT2D eigenvalue weighted by atomic mass is 16.1. The monoisotopic (exact) mass is 215 g/mol. The molecule has 1 aromatic heterocycles. The number of hydrogen-bond donors (Lipinski definition) is 1. The molecule has 0 aliphatic rings. The Morgan fingerprint density at radius 1 is 1.38 bits per heavy atom. The maximum absolute atomic E-state index is 10.5. The highest BCUT2D eigenvalue weighted by Crippen LogP contribution is 2.26. The van der Waals surface area contributed by atoms with Gasteiger partial charge in [-0.25, -0.2) is 0 Å². The molecule has 0 amide bonds. The SMILES string of the molecule is Cc1[nH]c2ccc(C(C)CC=O)cc2c1C. The Morgan fingerprint density at radius 2 is 2.12 bits per heavy atom. The van der Waals surface area contributed by atoms with E-state index in [1.807, 2.05) is 0 Å². The first-order valence-corrected chi connectivity index (χ1v) is 5.66. The van der Waals surface area contributed by atoms with Gasteiger partial charge < -0.3 is 9.78 Å². The first-order valence-electron chi connectivity index (χ1n) is 5.66. The lowest BCUT2D eigenvalue weighted by atomic mass is 9.96. The van der Waals surface area contributed by atoms with Gasteiger partial charge in [0.25, 0.3) is 0 Å². The topological polar surface area (TPSA) is 32.9 Å². The van der Waals surface area contributed by atoms with Gasteiger partial charge in [0.15, 0.2) is 0 Å². The minimum Gasteiger partial charge on any atom is -0.358 e. The molecule has 0 aliphatic carbocycles. The molecule has 84 valence electrons. The Labute approximate surface area is 95.7 Å². The van der Waals surface area contributed by atoms with Crippen LogP contribution in [0.25, 0.3) is 10.9 Å². The maximum Gasteiger partial charge on any atom is 0.120 e. The lowest BCUT2D eigenvalue weighted by Crippen LogP contribution is -1.93. The first-order chi connectivity index (χ1) is 7.63. The third-order valence-electron chi connectivity index (χ3n) is 3.35. The largest absolute Gasteiger partial charge is 0.358 e. The number of aromatic nitrogens is 1. The number of carbonyl (C=O) groups excluding carboxylic acids is 1. The smallest absolute Gasteiger partial charge is 0.120 e. The molecule has 2 nitrogen and oxygen atoms in total. The zero-order valence-corrected chi connectivity index (χ0v) is 10.0. The number of rotatable bonds is 3. The third kappa shape index (κ3) is 1.75. The molecule has 0 saturated carbocycles. The molecule has 16 heavy (non-hydrogen) atoms. The van der Waals surface area contributed by atoms with Crippen LogP contribution in [0.15, 0.2) is 18.2 Å². The first kappa shape index (κ1) is 10.9. The maximum atomic E-state index is 10.5. The van der Waals surface area contributed by atoms with Gasteiger partial charge in [-0.2, -0.15) is 0 Å². The molecular formula is C14H17NO. The van der Waals surface area contributed by atoms with Crippen molar-refractivity contribution in [2.75, 3.05) is 0 Å². The van der Waals surface area contributed by atoms with Crippen molar-refractivity contribution < 1.29 is 4.79 Å². The van der Waals surface area contributed by atoms with Gasteiger partial charge in [0, 0.05) is 23.0 Å². The summed E-state index contributed by atoms with van der Waals surface area (Å²) in [7, 11) is 0. The minimum atomic E-state index is 0.302. The van der Waals surface area contributed by atoms with Crippen molar-refractivity contribution >= 4 is 17.2 Å². The number of hydrogen-bond acceptors (Lipinski definition) is 1. The summed E-state index contributed by atoms with van der Waals surface area (Å²) in [4.78, 5) is 13.9. The number of aromatic amines is 1. The lowest BCUT2D eigenvalue weighted by molar-refractivity contribution is -0.108. The van der Waals surface area contributed by atoms with Gasteiger partial charge in [0.05, 0.1) is 0 Å². The summed E-state index contributed by atoms with van der Waals surface area (Å²) in [5, 5.41) is 1.27. The van der Waals surface area contributed by atoms with Crippen LogP contribution in [-0.4, -0.2) is 11.3 Å². The fourth-order valence-electron chi connectivity index (χ4n) is 2.07. The summed E-state index contributed by atoms with van der Waals surface area (Å²) < 4.78 is 0. The van der Waals surface area contributed by atoms with Crippen molar-refractivity contribution in [2.45, 2.75) is 33.1 Å². The molecular weight excluding hydrogens is 198 g/mol. The van der Waals surface area contributed by atoms with E-state index in [0.717, 1.165) is 6.29 Å². The van der Waals surface area contributed by atoms with Crippen LogP contribution in [0.2, 0.25) is 0 Å². The summed E-state index contributed by atoms with van der Waals surface area (Å²) in [5.41, 5.74) is 4.93. The Kier molecular flexibility index (Phi) is 2.82. The molecule has 2 rings (SSSR count). The predicted octanol–water partition coefficient (Wildman–Crippen LogP) is 3.48. The van der Waals surface area contributed by atoms with Gasteiger partial charge in [0.2, 0.25) is 0 Å². The van der Waals surface area contributed by atoms with E-state index in [1.54, 1.807) is 0 Å². The quantitative estimate of drug-likeness (QED) is 0.781. The van der Waals surface area contributed by atoms with Crippen molar-refractivity contribution in [1.82, 2.24) is 4.98 Å². The van der Waals surface area contributed by atoms with E-state index in [0.29, 0.717) is 12.3 Å². The average molecular weight is 215 g/mol. The number of nitrogens with one attached hydrogen (secondary N) is 1. The van der Waals surface area contributed by atoms with E-state index in [2.05, 4.69) is 44.0 Å². The zero-order chi connectivity index (χ0) is 11.7. The van der Waals surface area contributed by atoms with Gasteiger partial charge in [-0.15, -0.1) is 0 Å². The molecule has 1 aromatic carbocycles. The summed E-state index contributed by atoms with van der Waals surface area (Å²) >= 11 is 0. The second-order valence-corrected chi connectivity index (χ2v) is 4.48. The Bertz CT molecular complexity index is 525. The zero-order valence-electron chi connectivity index (χ0n) is 10.0. The molecule has 0 radical (unpaired) electrons. The number of aryl methyl sites for hydroxylation is 2. The van der Waals surface area contributed by atoms with Gasteiger partial charge in [0.1, 0.15) is 6.29 Å². The summed E-state index contributed by atoms with van der Waals surface area (Å²) in [6.07, 6.45) is 1.58. The standard InChI is InChI=1S/C14H17NO/c1-9(6-7-16)12-4-5-14-13(8-12)10(2)11(3)15-14/h4-5,7-9,15H,6H2,1-3H3. The van der Waals surface area contributed by atoms with Crippen LogP contribution in [0, 0.1) is 13.8 Å². The molecule has 1 heterocycles. The Balaban J connectivity index is 2.50. The van der Waals surface area contributed by atoms with Crippen LogP contribution in [0.1, 0.15) is 36.1 Å². The van der Waals surface area contributed by atoms with Gasteiger partial charge in [-0.3, -0.25) is 0 Å². The van der Waals surface area contributed by atoms with Crippen molar-refractivity contribution in [3.8, 4) is 0 Å². The predicted molar refractivity (Wildman–Crippen MR) is 66.9 cm³/mol. The number of carbonyl (C=O) groups is 1. The second kappa shape index (κ2) is 4.12. The number of H-pyrrole nitrogens is 1. The van der Waals surface area contributed by atoms with E-state index in [1.165, 1.54) is 27.7 Å². The van der Waals surface area contributed by atoms with Crippen LogP contribution in [0.3, 0.4) is 0 Å². The van der Waals surface area contributed by atoms with Gasteiger partial charge in [-0.1, -0.05) is 13.0 Å². The van der Waals surface area contributed by atoms with E-state index >= 15 is 0 Å².